The van der Waals surface area contributed by atoms with Gasteiger partial charge in [0.2, 0.25) is 0 Å². The average molecular weight is 327 g/mol. The molecule has 3 rings (SSSR count). The minimum absolute atomic E-state index is 0.0693. The Bertz CT molecular complexity index is 822. The van der Waals surface area contributed by atoms with Crippen LogP contribution in [0, 0.1) is 0 Å². The Labute approximate surface area is 139 Å². The van der Waals surface area contributed by atoms with E-state index >= 15 is 0 Å². The van der Waals surface area contributed by atoms with Crippen molar-refractivity contribution in [3.8, 4) is 5.75 Å². The summed E-state index contributed by atoms with van der Waals surface area (Å²) in [5.41, 5.74) is 1.69. The fraction of sp³-hybridized carbons (Fsp3) is 0.111. The van der Waals surface area contributed by atoms with Gasteiger partial charge >= 0.3 is 0 Å². The zero-order valence-electron chi connectivity index (χ0n) is 12.3. The number of para-hydroxylation sites is 1. The smallest absolute Gasteiger partial charge is 0.258 e. The van der Waals surface area contributed by atoms with Gasteiger partial charge in [-0.3, -0.25) is 4.79 Å². The first-order valence-electron chi connectivity index (χ1n) is 7.21. The maximum Gasteiger partial charge on any atom is 0.258 e. The Morgan fingerprint density at radius 2 is 1.87 bits per heavy atom. The van der Waals surface area contributed by atoms with Gasteiger partial charge in [-0.15, -0.1) is 0 Å². The van der Waals surface area contributed by atoms with Gasteiger partial charge in [-0.25, -0.2) is 4.98 Å². The monoisotopic (exact) mass is 326 g/mol. The van der Waals surface area contributed by atoms with Gasteiger partial charge in [0, 0.05) is 11.9 Å². The highest BCUT2D eigenvalue weighted by atomic mass is 35.5. The Morgan fingerprint density at radius 3 is 2.70 bits per heavy atom. The van der Waals surface area contributed by atoms with Crippen LogP contribution in [-0.2, 0) is 11.3 Å². The molecule has 0 saturated heterocycles. The molecule has 0 fully saturated rings. The molecule has 0 aliphatic carbocycles. The number of nitrogens with one attached hydrogen (secondary N) is 1. The summed E-state index contributed by atoms with van der Waals surface area (Å²) in [6, 6.07) is 18.9. The van der Waals surface area contributed by atoms with Crippen LogP contribution >= 0.6 is 11.6 Å². The van der Waals surface area contributed by atoms with E-state index in [0.717, 1.165) is 10.9 Å². The summed E-state index contributed by atoms with van der Waals surface area (Å²) in [4.78, 5) is 16.2. The second kappa shape index (κ2) is 7.11. The van der Waals surface area contributed by atoms with E-state index in [2.05, 4.69) is 10.3 Å². The van der Waals surface area contributed by atoms with E-state index in [1.54, 1.807) is 12.1 Å². The van der Waals surface area contributed by atoms with Gasteiger partial charge < -0.3 is 10.1 Å². The summed E-state index contributed by atoms with van der Waals surface area (Å²) in [6.45, 7) is 0.406. The Balaban J connectivity index is 1.62. The highest BCUT2D eigenvalue weighted by Crippen LogP contribution is 2.25. The van der Waals surface area contributed by atoms with Crippen LogP contribution in [-0.4, -0.2) is 17.5 Å². The predicted molar refractivity (Wildman–Crippen MR) is 90.5 cm³/mol. The van der Waals surface area contributed by atoms with E-state index in [9.17, 15) is 4.79 Å². The molecule has 0 saturated carbocycles. The number of rotatable bonds is 5. The minimum atomic E-state index is -0.187. The molecule has 0 aliphatic rings. The minimum Gasteiger partial charge on any atom is -0.481 e. The molecule has 2 aromatic carbocycles. The van der Waals surface area contributed by atoms with E-state index in [4.69, 9.17) is 16.3 Å². The van der Waals surface area contributed by atoms with Crippen molar-refractivity contribution in [2.24, 2.45) is 0 Å². The average Bonchev–Trinajstić information content (AvgIpc) is 2.59. The summed E-state index contributed by atoms with van der Waals surface area (Å²) in [5.74, 6) is 0.354. The second-order valence-electron chi connectivity index (χ2n) is 5.01. The number of nitrogens with zero attached hydrogens (tertiary/aromatic N) is 1. The third-order valence-corrected chi connectivity index (χ3v) is 3.55. The van der Waals surface area contributed by atoms with Crippen molar-refractivity contribution < 1.29 is 9.53 Å². The maximum atomic E-state index is 11.9. The first kappa shape index (κ1) is 15.3. The van der Waals surface area contributed by atoms with Crippen LogP contribution in [0.5, 0.6) is 5.75 Å². The number of aromatic nitrogens is 1. The fourth-order valence-corrected chi connectivity index (χ4v) is 2.35. The molecule has 0 atom stereocenters. The maximum absolute atomic E-state index is 11.9. The number of hydrogen-bond acceptors (Lipinski definition) is 3. The van der Waals surface area contributed by atoms with Gasteiger partial charge in [0.15, 0.2) is 6.61 Å². The van der Waals surface area contributed by atoms with Crippen LogP contribution < -0.4 is 10.1 Å². The van der Waals surface area contributed by atoms with E-state index in [1.165, 1.54) is 0 Å². The summed E-state index contributed by atoms with van der Waals surface area (Å²) in [6.07, 6.45) is 0. The highest BCUT2D eigenvalue weighted by Gasteiger charge is 2.07. The molecule has 5 heteroatoms. The van der Waals surface area contributed by atoms with Crippen LogP contribution in [0.25, 0.3) is 10.9 Å². The number of pyridine rings is 1. The summed E-state index contributed by atoms with van der Waals surface area (Å²) in [7, 11) is 0. The highest BCUT2D eigenvalue weighted by molar-refractivity contribution is 6.29. The number of fused-ring (bicyclic) bond motifs is 1. The standard InChI is InChI=1S/C18H15ClN2O2/c19-16-10-9-14-7-4-8-15(18(14)21-16)23-12-17(22)20-11-13-5-2-1-3-6-13/h1-10H,11-12H2,(H,20,22). The zero-order valence-corrected chi connectivity index (χ0v) is 13.1. The van der Waals surface area contributed by atoms with Gasteiger partial charge in [0.1, 0.15) is 16.4 Å². The molecule has 116 valence electrons. The molecule has 1 N–H and O–H groups in total. The van der Waals surface area contributed by atoms with E-state index in [1.807, 2.05) is 48.5 Å². The predicted octanol–water partition coefficient (Wildman–Crippen LogP) is 3.58. The van der Waals surface area contributed by atoms with Gasteiger partial charge in [-0.1, -0.05) is 54.1 Å². The third-order valence-electron chi connectivity index (χ3n) is 3.34. The molecule has 3 aromatic rings. The molecule has 1 aromatic heterocycles. The number of carbonyl (C=O) groups is 1. The lowest BCUT2D eigenvalue weighted by Crippen LogP contribution is -2.28. The first-order valence-corrected chi connectivity index (χ1v) is 7.59. The van der Waals surface area contributed by atoms with E-state index < -0.39 is 0 Å². The molecule has 0 aliphatic heterocycles. The van der Waals surface area contributed by atoms with Crippen LogP contribution in [0.1, 0.15) is 5.56 Å². The van der Waals surface area contributed by atoms with Crippen molar-refractivity contribution >= 4 is 28.4 Å². The van der Waals surface area contributed by atoms with Crippen molar-refractivity contribution in [1.29, 1.82) is 0 Å². The Hall–Kier alpha value is -2.59. The van der Waals surface area contributed by atoms with Crippen molar-refractivity contribution in [1.82, 2.24) is 10.3 Å². The summed E-state index contributed by atoms with van der Waals surface area (Å²) < 4.78 is 5.59. The van der Waals surface area contributed by atoms with Gasteiger partial charge in [-0.05, 0) is 23.8 Å². The molecule has 0 unspecified atom stereocenters. The molecule has 1 heterocycles. The molecular formula is C18H15ClN2O2. The molecule has 1 amide bonds. The Kier molecular flexibility index (Phi) is 4.74. The van der Waals surface area contributed by atoms with Crippen LogP contribution in [0.4, 0.5) is 0 Å². The topological polar surface area (TPSA) is 51.2 Å². The largest absolute Gasteiger partial charge is 0.481 e. The fourth-order valence-electron chi connectivity index (χ4n) is 2.20. The normalized spacial score (nSPS) is 10.5. The quantitative estimate of drug-likeness (QED) is 0.729. The molecule has 0 radical (unpaired) electrons. The number of hydrogen-bond donors (Lipinski definition) is 1. The molecule has 23 heavy (non-hydrogen) atoms. The van der Waals surface area contributed by atoms with Crippen molar-refractivity contribution in [2.45, 2.75) is 6.54 Å². The molecular weight excluding hydrogens is 312 g/mol. The van der Waals surface area contributed by atoms with E-state index in [-0.39, 0.29) is 12.5 Å². The van der Waals surface area contributed by atoms with Crippen LogP contribution in [0.3, 0.4) is 0 Å². The number of amides is 1. The lowest BCUT2D eigenvalue weighted by atomic mass is 10.2. The zero-order chi connectivity index (χ0) is 16.1. The van der Waals surface area contributed by atoms with Gasteiger partial charge in [-0.2, -0.15) is 0 Å². The number of carbonyl (C=O) groups excluding carboxylic acids is 1. The number of halogens is 1. The lowest BCUT2D eigenvalue weighted by molar-refractivity contribution is -0.123. The number of benzene rings is 2. The van der Waals surface area contributed by atoms with E-state index in [0.29, 0.717) is 23.0 Å². The first-order chi connectivity index (χ1) is 11.2. The third kappa shape index (κ3) is 3.99. The van der Waals surface area contributed by atoms with Crippen LogP contribution in [0.2, 0.25) is 5.15 Å². The SMILES string of the molecule is O=C(COc1cccc2ccc(Cl)nc12)NCc1ccccc1. The van der Waals surface area contributed by atoms with Crippen molar-refractivity contribution in [3.05, 3.63) is 71.4 Å². The molecule has 0 spiro atoms. The van der Waals surface area contributed by atoms with Crippen molar-refractivity contribution in [3.63, 3.8) is 0 Å². The van der Waals surface area contributed by atoms with Crippen molar-refractivity contribution in [2.75, 3.05) is 6.61 Å². The van der Waals surface area contributed by atoms with Gasteiger partial charge in [0.25, 0.3) is 5.91 Å². The lowest BCUT2D eigenvalue weighted by Gasteiger charge is -2.09. The molecule has 4 nitrogen and oxygen atoms in total. The summed E-state index contributed by atoms with van der Waals surface area (Å²) in [5, 5.41) is 4.12. The summed E-state index contributed by atoms with van der Waals surface area (Å²) >= 11 is 5.92. The Morgan fingerprint density at radius 1 is 1.04 bits per heavy atom. The molecule has 0 bridgehead atoms. The second-order valence-corrected chi connectivity index (χ2v) is 5.40. The van der Waals surface area contributed by atoms with Gasteiger partial charge in [0.05, 0.1) is 0 Å². The number of ether oxygens (including phenoxy) is 1. The van der Waals surface area contributed by atoms with Crippen LogP contribution in [0.15, 0.2) is 60.7 Å².